The molecule has 4 aromatic rings. The maximum Gasteiger partial charge on any atom is 0.270 e. The number of nitrogen functional groups attached to an aromatic ring is 1. The Hall–Kier alpha value is -3.79. The van der Waals surface area contributed by atoms with Crippen LogP contribution in [0.1, 0.15) is 19.4 Å². The van der Waals surface area contributed by atoms with Crippen LogP contribution >= 0.6 is 0 Å². The molecule has 4 rings (SSSR count). The number of hydrogen-bond donors (Lipinski definition) is 1. The molecule has 2 aromatic carbocycles. The summed E-state index contributed by atoms with van der Waals surface area (Å²) in [6, 6.07) is 12.1. The highest BCUT2D eigenvalue weighted by Crippen LogP contribution is 2.33. The second-order valence-corrected chi connectivity index (χ2v) is 10.2. The molecule has 0 amide bonds. The fraction of sp³-hybridized carbons (Fsp3) is 0.217. The number of benzene rings is 2. The molecule has 0 radical (unpaired) electrons. The van der Waals surface area contributed by atoms with Crippen LogP contribution in [-0.2, 0) is 9.84 Å². The van der Waals surface area contributed by atoms with Crippen molar-refractivity contribution in [2.75, 3.05) is 12.8 Å². The summed E-state index contributed by atoms with van der Waals surface area (Å²) in [6.45, 7) is 5.25. The summed E-state index contributed by atoms with van der Waals surface area (Å²) in [6.07, 6.45) is 1.51. The lowest BCUT2D eigenvalue weighted by atomic mass is 10.1. The van der Waals surface area contributed by atoms with Crippen molar-refractivity contribution in [1.29, 1.82) is 0 Å². The summed E-state index contributed by atoms with van der Waals surface area (Å²) in [5.74, 6) is 1.11. The molecule has 0 saturated carbocycles. The van der Waals surface area contributed by atoms with Crippen molar-refractivity contribution in [1.82, 2.24) is 20.2 Å². The molecule has 2 aromatic heterocycles. The standard InChI is InChI=1S/C23H23N5O4S/c1-13(2)33(29,30)16-8-6-15(7-9-16)18-12-25-21(24)20(26-18)23-28-27-22(32-23)17-10-5-14(3)11-19(17)31-4/h5-13H,1-4H3,(H2,24,25). The number of nitrogens with zero attached hydrogens (tertiary/aromatic N) is 4. The first-order chi connectivity index (χ1) is 15.7. The van der Waals surface area contributed by atoms with Gasteiger partial charge >= 0.3 is 0 Å². The van der Waals surface area contributed by atoms with Crippen LogP contribution in [0.5, 0.6) is 5.75 Å². The van der Waals surface area contributed by atoms with Gasteiger partial charge in [0, 0.05) is 5.56 Å². The molecule has 0 bridgehead atoms. The number of methoxy groups -OCH3 is 1. The summed E-state index contributed by atoms with van der Waals surface area (Å²) < 4.78 is 36.0. The minimum atomic E-state index is -3.37. The Morgan fingerprint density at radius 1 is 1.03 bits per heavy atom. The normalized spacial score (nSPS) is 11.7. The number of aromatic nitrogens is 4. The van der Waals surface area contributed by atoms with Crippen LogP contribution in [0.2, 0.25) is 0 Å². The van der Waals surface area contributed by atoms with Crippen LogP contribution in [0.4, 0.5) is 5.82 Å². The van der Waals surface area contributed by atoms with Gasteiger partial charge in [-0.1, -0.05) is 18.2 Å². The highest BCUT2D eigenvalue weighted by atomic mass is 32.2. The lowest BCUT2D eigenvalue weighted by molar-refractivity contribution is 0.414. The molecule has 0 spiro atoms. The Labute approximate surface area is 191 Å². The van der Waals surface area contributed by atoms with Crippen molar-refractivity contribution >= 4 is 15.7 Å². The average molecular weight is 466 g/mol. The Kier molecular flexibility index (Phi) is 5.86. The molecule has 33 heavy (non-hydrogen) atoms. The van der Waals surface area contributed by atoms with Crippen molar-refractivity contribution < 1.29 is 17.6 Å². The van der Waals surface area contributed by atoms with E-state index in [1.54, 1.807) is 45.2 Å². The average Bonchev–Trinajstić information content (AvgIpc) is 3.29. The van der Waals surface area contributed by atoms with Gasteiger partial charge in [-0.15, -0.1) is 10.2 Å². The minimum absolute atomic E-state index is 0.110. The van der Waals surface area contributed by atoms with Gasteiger partial charge in [0.1, 0.15) is 5.75 Å². The molecule has 0 saturated heterocycles. The fourth-order valence-corrected chi connectivity index (χ4v) is 4.25. The second kappa shape index (κ2) is 8.62. The molecule has 0 aliphatic carbocycles. The van der Waals surface area contributed by atoms with E-state index < -0.39 is 15.1 Å². The van der Waals surface area contributed by atoms with Gasteiger partial charge in [0.2, 0.25) is 0 Å². The van der Waals surface area contributed by atoms with E-state index in [2.05, 4.69) is 20.2 Å². The van der Waals surface area contributed by atoms with E-state index in [1.807, 2.05) is 25.1 Å². The first-order valence-corrected chi connectivity index (χ1v) is 11.7. The van der Waals surface area contributed by atoms with E-state index in [-0.39, 0.29) is 28.2 Å². The van der Waals surface area contributed by atoms with E-state index >= 15 is 0 Å². The zero-order valence-electron chi connectivity index (χ0n) is 18.6. The minimum Gasteiger partial charge on any atom is -0.496 e. The highest BCUT2D eigenvalue weighted by Gasteiger charge is 2.21. The number of anilines is 1. The maximum atomic E-state index is 12.4. The van der Waals surface area contributed by atoms with Crippen molar-refractivity contribution in [2.24, 2.45) is 0 Å². The molecule has 0 aliphatic rings. The van der Waals surface area contributed by atoms with E-state index in [4.69, 9.17) is 14.9 Å². The molecule has 0 unspecified atom stereocenters. The Morgan fingerprint density at radius 3 is 2.39 bits per heavy atom. The predicted molar refractivity (Wildman–Crippen MR) is 124 cm³/mol. The smallest absolute Gasteiger partial charge is 0.270 e. The van der Waals surface area contributed by atoms with Crippen molar-refractivity contribution in [3.05, 3.63) is 54.2 Å². The maximum absolute atomic E-state index is 12.4. The molecule has 0 fully saturated rings. The Morgan fingerprint density at radius 2 is 1.73 bits per heavy atom. The predicted octanol–water partition coefficient (Wildman–Crippen LogP) is 3.94. The topological polar surface area (TPSA) is 134 Å². The molecule has 9 nitrogen and oxygen atoms in total. The number of rotatable bonds is 6. The lowest BCUT2D eigenvalue weighted by Crippen LogP contribution is -2.13. The highest BCUT2D eigenvalue weighted by molar-refractivity contribution is 7.92. The van der Waals surface area contributed by atoms with Gasteiger partial charge in [0.15, 0.2) is 21.3 Å². The number of hydrogen-bond acceptors (Lipinski definition) is 9. The van der Waals surface area contributed by atoms with Crippen molar-refractivity contribution in [2.45, 2.75) is 30.9 Å². The zero-order chi connectivity index (χ0) is 23.8. The van der Waals surface area contributed by atoms with Crippen LogP contribution in [0.3, 0.4) is 0 Å². The first-order valence-electron chi connectivity index (χ1n) is 10.2. The van der Waals surface area contributed by atoms with Gasteiger partial charge in [-0.3, -0.25) is 0 Å². The monoisotopic (exact) mass is 465 g/mol. The molecular weight excluding hydrogens is 442 g/mol. The van der Waals surface area contributed by atoms with Gasteiger partial charge in [0.05, 0.1) is 34.7 Å². The Bertz CT molecular complexity index is 1410. The number of ether oxygens (including phenoxy) is 1. The van der Waals surface area contributed by atoms with E-state index in [9.17, 15) is 8.42 Å². The van der Waals surface area contributed by atoms with Gasteiger partial charge < -0.3 is 14.9 Å². The molecule has 2 heterocycles. The quantitative estimate of drug-likeness (QED) is 0.449. The fourth-order valence-electron chi connectivity index (χ4n) is 3.19. The second-order valence-electron chi connectivity index (χ2n) is 7.72. The summed E-state index contributed by atoms with van der Waals surface area (Å²) in [7, 11) is -1.80. The van der Waals surface area contributed by atoms with Crippen molar-refractivity contribution in [3.63, 3.8) is 0 Å². The summed E-state index contributed by atoms with van der Waals surface area (Å²) in [4.78, 5) is 8.99. The van der Waals surface area contributed by atoms with E-state index in [0.717, 1.165) is 5.56 Å². The first kappa shape index (κ1) is 22.4. The van der Waals surface area contributed by atoms with Gasteiger partial charge in [-0.05, 0) is 50.6 Å². The largest absolute Gasteiger partial charge is 0.496 e. The third kappa shape index (κ3) is 4.29. The van der Waals surface area contributed by atoms with Gasteiger partial charge in [-0.2, -0.15) is 0 Å². The molecule has 0 atom stereocenters. The third-order valence-electron chi connectivity index (χ3n) is 5.12. The SMILES string of the molecule is COc1cc(C)ccc1-c1nnc(-c2nc(-c3ccc(S(=O)(=O)C(C)C)cc3)cnc2N)o1. The molecule has 170 valence electrons. The zero-order valence-corrected chi connectivity index (χ0v) is 19.4. The number of sulfone groups is 1. The van der Waals surface area contributed by atoms with Crippen LogP contribution in [-0.4, -0.2) is 40.9 Å². The molecular formula is C23H23N5O4S. The molecule has 0 aliphatic heterocycles. The van der Waals surface area contributed by atoms with E-state index in [1.165, 1.54) is 6.20 Å². The number of nitrogens with two attached hydrogens (primary N) is 1. The number of aryl methyl sites for hydroxylation is 1. The van der Waals surface area contributed by atoms with Crippen LogP contribution in [0, 0.1) is 6.92 Å². The molecule has 10 heteroatoms. The summed E-state index contributed by atoms with van der Waals surface area (Å²) >= 11 is 0. The van der Waals surface area contributed by atoms with Crippen LogP contribution < -0.4 is 10.5 Å². The lowest BCUT2D eigenvalue weighted by Gasteiger charge is -2.09. The van der Waals surface area contributed by atoms with Crippen molar-refractivity contribution in [3.8, 4) is 40.0 Å². The summed E-state index contributed by atoms with van der Waals surface area (Å²) in [5, 5.41) is 7.69. The van der Waals surface area contributed by atoms with Crippen LogP contribution in [0.25, 0.3) is 34.3 Å². The Balaban J connectivity index is 1.70. The van der Waals surface area contributed by atoms with Gasteiger partial charge in [0.25, 0.3) is 11.8 Å². The van der Waals surface area contributed by atoms with E-state index in [0.29, 0.717) is 22.6 Å². The van der Waals surface area contributed by atoms with Crippen LogP contribution in [0.15, 0.2) is 58.0 Å². The third-order valence-corrected chi connectivity index (χ3v) is 7.29. The van der Waals surface area contributed by atoms with Gasteiger partial charge in [-0.25, -0.2) is 18.4 Å². The summed E-state index contributed by atoms with van der Waals surface area (Å²) in [5.41, 5.74) is 9.10. The molecule has 2 N–H and O–H groups in total.